The number of amides is 3. The number of halogens is 6. The van der Waals surface area contributed by atoms with Crippen molar-refractivity contribution in [1.82, 2.24) is 14.7 Å². The van der Waals surface area contributed by atoms with Crippen LogP contribution in [0.25, 0.3) is 0 Å². The Bertz CT molecular complexity index is 2230. The van der Waals surface area contributed by atoms with Gasteiger partial charge in [0.05, 0.1) is 25.3 Å². The van der Waals surface area contributed by atoms with Crippen molar-refractivity contribution >= 4 is 36.2 Å². The molecule has 5 atom stereocenters. The lowest BCUT2D eigenvalue weighted by atomic mass is 9.74. The van der Waals surface area contributed by atoms with Gasteiger partial charge in [-0.3, -0.25) is 14.4 Å². The molecule has 3 fully saturated rings. The largest absolute Gasteiger partial charge is 0.481 e. The zero-order chi connectivity index (χ0) is 64.2. The van der Waals surface area contributed by atoms with Crippen LogP contribution >= 0.6 is 0 Å². The molecule has 3 unspecified atom stereocenters. The molecule has 19 nitrogen and oxygen atoms in total. The summed E-state index contributed by atoms with van der Waals surface area (Å²) < 4.78 is 99.6. The molecule has 25 heteroatoms. The van der Waals surface area contributed by atoms with Crippen LogP contribution < -0.4 is 11.5 Å². The number of hydrogen-bond acceptors (Lipinski definition) is 13. The number of likely N-dealkylation sites (tertiary alicyclic amines) is 3. The Morgan fingerprint density at radius 2 is 0.711 bits per heavy atom. The third-order valence-electron chi connectivity index (χ3n) is 13.2. The normalized spacial score (nSPS) is 21.0. The number of rotatable bonds is 13. The van der Waals surface area contributed by atoms with Crippen molar-refractivity contribution in [2.24, 2.45) is 27.7 Å². The second kappa shape index (κ2) is 30.7. The van der Waals surface area contributed by atoms with Crippen molar-refractivity contribution in [2.75, 3.05) is 52.5 Å². The monoisotopic (exact) mass is 1190 g/mol. The van der Waals surface area contributed by atoms with E-state index in [9.17, 15) is 70.4 Å². The minimum Gasteiger partial charge on any atom is -0.481 e. The summed E-state index contributed by atoms with van der Waals surface area (Å²) in [7, 11) is 0. The molecule has 9 N–H and O–H groups in total. The number of aliphatic hydroxyl groups is 2. The van der Waals surface area contributed by atoms with Crippen LogP contribution in [0, 0.1) is 16.2 Å². The number of nitrogens with zero attached hydrogens (tertiary/aromatic N) is 3. The number of aliphatic hydroxyl groups excluding tert-OH is 2. The number of benzene rings is 2. The topological polar surface area (TPSA) is 293 Å². The average Bonchev–Trinajstić information content (AvgIpc) is 3.30. The summed E-state index contributed by atoms with van der Waals surface area (Å²) in [5.74, 6) is -15.7. The molecule has 0 bridgehead atoms. The maximum atomic E-state index is 14.0. The highest BCUT2D eigenvalue weighted by Gasteiger charge is 2.62. The van der Waals surface area contributed by atoms with Crippen LogP contribution in [-0.4, -0.2) is 163 Å². The van der Waals surface area contributed by atoms with Gasteiger partial charge < -0.3 is 65.9 Å². The van der Waals surface area contributed by atoms with Crippen molar-refractivity contribution < 1.29 is 94.9 Å². The number of alkyl halides is 6. The quantitative estimate of drug-likeness (QED) is 0.0557. The highest BCUT2D eigenvalue weighted by molar-refractivity contribution is 5.80. The van der Waals surface area contributed by atoms with Crippen LogP contribution in [0.15, 0.2) is 98.6 Å². The molecule has 0 spiro atoms. The van der Waals surface area contributed by atoms with E-state index in [4.69, 9.17) is 35.9 Å². The van der Waals surface area contributed by atoms with Crippen LogP contribution in [0.2, 0.25) is 0 Å². The van der Waals surface area contributed by atoms with E-state index >= 15 is 0 Å². The minimum atomic E-state index is -3.61. The molecule has 3 heterocycles. The summed E-state index contributed by atoms with van der Waals surface area (Å²) in [6.07, 6.45) is -1.53. The Balaban J connectivity index is 0.000000535. The Kier molecular flexibility index (Phi) is 27.5. The van der Waals surface area contributed by atoms with Crippen molar-refractivity contribution in [3.05, 3.63) is 110 Å². The van der Waals surface area contributed by atoms with Gasteiger partial charge in [-0.1, -0.05) is 80.4 Å². The molecule has 5 rings (SSSR count). The Morgan fingerprint density at radius 3 is 0.880 bits per heavy atom. The number of carbonyl (C=O) groups excluding carboxylic acids is 3. The second-order valence-corrected chi connectivity index (χ2v) is 23.1. The van der Waals surface area contributed by atoms with Gasteiger partial charge in [-0.05, 0) is 130 Å². The summed E-state index contributed by atoms with van der Waals surface area (Å²) >= 11 is 0. The van der Waals surface area contributed by atoms with Crippen molar-refractivity contribution in [3.63, 3.8) is 0 Å². The number of piperidine rings is 3. The number of nitrogens with two attached hydrogens (primary N) is 2. The highest BCUT2D eigenvalue weighted by Crippen LogP contribution is 2.48. The molecule has 0 radical (unpaired) electrons. The predicted octanol–water partition coefficient (Wildman–Crippen LogP) is 10.1. The first-order valence-corrected chi connectivity index (χ1v) is 26.5. The highest BCUT2D eigenvalue weighted by atomic mass is 19.3. The summed E-state index contributed by atoms with van der Waals surface area (Å²) in [6, 6.07) is 18.6. The average molecular weight is 1190 g/mol. The van der Waals surface area contributed by atoms with Gasteiger partial charge in [0.2, 0.25) is 0 Å². The van der Waals surface area contributed by atoms with Crippen molar-refractivity contribution in [2.45, 2.75) is 147 Å². The van der Waals surface area contributed by atoms with E-state index in [1.807, 2.05) is 60.7 Å². The third-order valence-corrected chi connectivity index (χ3v) is 13.2. The van der Waals surface area contributed by atoms with Crippen molar-refractivity contribution in [1.29, 1.82) is 0 Å². The molecule has 0 aromatic heterocycles. The molecule has 0 saturated carbocycles. The van der Waals surface area contributed by atoms with Gasteiger partial charge in [0.25, 0.3) is 17.8 Å². The molecule has 468 valence electrons. The van der Waals surface area contributed by atoms with E-state index in [-0.39, 0.29) is 83.5 Å². The van der Waals surface area contributed by atoms with Gasteiger partial charge in [-0.25, -0.2) is 40.7 Å². The number of carboxylic acid groups (broad SMARTS) is 3. The van der Waals surface area contributed by atoms with Crippen LogP contribution in [0.1, 0.15) is 124 Å². The van der Waals surface area contributed by atoms with E-state index in [1.54, 1.807) is 62.3 Å². The number of carbonyl (C=O) groups is 6. The van der Waals surface area contributed by atoms with E-state index in [0.29, 0.717) is 18.2 Å². The lowest BCUT2D eigenvalue weighted by Crippen LogP contribution is -2.58. The maximum absolute atomic E-state index is 14.0. The summed E-state index contributed by atoms with van der Waals surface area (Å²) in [6.45, 7) is 22.7. The molecule has 3 saturated heterocycles. The number of hydrogen-bond donors (Lipinski definition) is 7. The number of ether oxygens (including phenoxy) is 3. The molecule has 2 aromatic rings. The molecule has 83 heavy (non-hydrogen) atoms. The van der Waals surface area contributed by atoms with Crippen LogP contribution in [0.4, 0.5) is 40.7 Å². The molecule has 3 aliphatic rings. The summed E-state index contributed by atoms with van der Waals surface area (Å²) in [5, 5.41) is 45.2. The van der Waals surface area contributed by atoms with Crippen LogP contribution in [-0.2, 0) is 28.6 Å². The Morgan fingerprint density at radius 1 is 0.494 bits per heavy atom. The first-order chi connectivity index (χ1) is 38.0. The first-order valence-electron chi connectivity index (χ1n) is 26.5. The van der Waals surface area contributed by atoms with E-state index in [0.717, 1.165) is 25.8 Å². The SMILES string of the molecule is C=CC(F)(F)C1(C(=O)O)CCCN(C(=O)OC(C)(C)C)C1.C=CC(F)(F)C1(C(=O)O)CCCN(C(=O)OC(C)(C)C)C1.C=CC(F)(F)C1(C(=O)O)CCCN(C(=O)OC(C)(C)C)C1.N[C@@H](CO)c1ccccc1.N[C@@H](CO)c1ccccc1. The van der Waals surface area contributed by atoms with Gasteiger partial charge in [0, 0.05) is 39.3 Å². The fourth-order valence-corrected chi connectivity index (χ4v) is 8.58. The van der Waals surface area contributed by atoms with E-state index in [1.165, 1.54) is 0 Å². The molecular weight excluding hydrogens is 1100 g/mol. The predicted molar refractivity (Wildman–Crippen MR) is 298 cm³/mol. The molecular formula is C58H85F6N5O14. The summed E-state index contributed by atoms with van der Waals surface area (Å²) in [5.41, 5.74) is 3.64. The minimum absolute atomic E-state index is 0.00398. The van der Waals surface area contributed by atoms with E-state index < -0.39 is 107 Å². The second-order valence-electron chi connectivity index (χ2n) is 23.1. The zero-order valence-corrected chi connectivity index (χ0v) is 48.9. The van der Waals surface area contributed by atoms with Gasteiger partial charge in [-0.2, -0.15) is 0 Å². The van der Waals surface area contributed by atoms with Gasteiger partial charge in [0.15, 0.2) is 16.2 Å². The summed E-state index contributed by atoms with van der Waals surface area (Å²) in [4.78, 5) is 73.3. The fourth-order valence-electron chi connectivity index (χ4n) is 8.58. The number of allylic oxidation sites excluding steroid dienone is 3. The standard InChI is InChI=1S/3C14H21F2NO4.2C8H11NO/c3*1-5-14(15,16)13(10(18)19)7-6-8-17(9-13)11(20)21-12(2,3)4;2*9-8(6-10)7-4-2-1-3-5-7/h3*5H,1,6-9H2,2-4H3,(H,18,19);2*1-5,8,10H,6,9H2/t;;;2*8-/m...00/s1. The number of carboxylic acids is 3. The van der Waals surface area contributed by atoms with Crippen LogP contribution in [0.5, 0.6) is 0 Å². The van der Waals surface area contributed by atoms with Gasteiger partial charge in [-0.15, -0.1) is 0 Å². The lowest BCUT2D eigenvalue weighted by Gasteiger charge is -2.43. The fraction of sp³-hybridized carbons (Fsp3) is 0.586. The maximum Gasteiger partial charge on any atom is 0.410 e. The third kappa shape index (κ3) is 21.2. The first kappa shape index (κ1) is 74.3. The molecule has 2 aromatic carbocycles. The smallest absolute Gasteiger partial charge is 0.410 e. The lowest BCUT2D eigenvalue weighted by molar-refractivity contribution is -0.179. The molecule has 0 aliphatic carbocycles. The van der Waals surface area contributed by atoms with Crippen molar-refractivity contribution in [3.8, 4) is 0 Å². The molecule has 3 aliphatic heterocycles. The zero-order valence-electron chi connectivity index (χ0n) is 48.9. The Hall–Kier alpha value is -6.70. The van der Waals surface area contributed by atoms with E-state index in [2.05, 4.69) is 19.7 Å². The molecule has 3 amide bonds. The van der Waals surface area contributed by atoms with Crippen LogP contribution in [0.3, 0.4) is 0 Å². The van der Waals surface area contributed by atoms with Gasteiger partial charge >= 0.3 is 36.2 Å². The number of aliphatic carboxylic acids is 3. The van der Waals surface area contributed by atoms with Gasteiger partial charge in [0.1, 0.15) is 16.8 Å². The Labute approximate surface area is 481 Å².